The Kier molecular flexibility index (Phi) is 4.32. The molecule has 0 atom stereocenters. The first-order valence-electron chi connectivity index (χ1n) is 7.28. The molecule has 0 radical (unpaired) electrons. The fourth-order valence-electron chi connectivity index (χ4n) is 2.35. The third kappa shape index (κ3) is 3.20. The summed E-state index contributed by atoms with van der Waals surface area (Å²) in [7, 11) is 0. The highest BCUT2D eigenvalue weighted by Crippen LogP contribution is 2.26. The molecule has 0 unspecified atom stereocenters. The summed E-state index contributed by atoms with van der Waals surface area (Å²) >= 11 is 0. The number of H-pyrrole nitrogens is 2. The van der Waals surface area contributed by atoms with Gasteiger partial charge in [0.25, 0.3) is 0 Å². The lowest BCUT2D eigenvalue weighted by Gasteiger charge is -1.99. The molecule has 2 heterocycles. The highest BCUT2D eigenvalue weighted by Gasteiger charge is 2.19. The maximum atomic E-state index is 11.6. The first-order valence-corrected chi connectivity index (χ1v) is 7.28. The van der Waals surface area contributed by atoms with E-state index < -0.39 is 21.9 Å². The molecule has 1 aromatic carbocycles. The molecule has 26 heavy (non-hydrogen) atoms. The number of nitriles is 1. The minimum absolute atomic E-state index is 0.251. The molecule has 9 nitrogen and oxygen atoms in total. The van der Waals surface area contributed by atoms with Gasteiger partial charge in [0.1, 0.15) is 17.2 Å². The zero-order valence-electron chi connectivity index (χ0n) is 13.1. The Balaban J connectivity index is 1.98. The smallest absolute Gasteiger partial charge is 0.357 e. The van der Waals surface area contributed by atoms with Crippen LogP contribution in [0, 0.1) is 21.4 Å². The first kappa shape index (κ1) is 16.7. The quantitative estimate of drug-likeness (QED) is 0.545. The van der Waals surface area contributed by atoms with Crippen LogP contribution >= 0.6 is 0 Å². The minimum atomic E-state index is -1.10. The average molecular weight is 350 g/mol. The summed E-state index contributed by atoms with van der Waals surface area (Å²) in [5.41, 5.74) is -1.94. The fourth-order valence-corrected chi connectivity index (χ4v) is 2.35. The molecule has 3 rings (SSSR count). The second-order valence-electron chi connectivity index (χ2n) is 5.12. The SMILES string of the molecule is N#Cc1ccccc1-c1ccc(/C=C/c2[nH]c(=O)[nH]c(=O)c2[N+](=O)[O-])o1. The van der Waals surface area contributed by atoms with Crippen LogP contribution in [0.1, 0.15) is 17.0 Å². The Morgan fingerprint density at radius 1 is 1.12 bits per heavy atom. The highest BCUT2D eigenvalue weighted by molar-refractivity contribution is 5.72. The summed E-state index contributed by atoms with van der Waals surface area (Å²) in [6.07, 6.45) is 2.57. The van der Waals surface area contributed by atoms with E-state index in [1.807, 2.05) is 0 Å². The van der Waals surface area contributed by atoms with E-state index in [4.69, 9.17) is 9.68 Å². The van der Waals surface area contributed by atoms with E-state index in [1.165, 1.54) is 12.2 Å². The molecule has 128 valence electrons. The Bertz CT molecular complexity index is 1180. The van der Waals surface area contributed by atoms with Crippen molar-refractivity contribution in [3.8, 4) is 17.4 Å². The van der Waals surface area contributed by atoms with Gasteiger partial charge >= 0.3 is 16.9 Å². The van der Waals surface area contributed by atoms with Crippen LogP contribution in [0.4, 0.5) is 5.69 Å². The normalized spacial score (nSPS) is 10.7. The Morgan fingerprint density at radius 2 is 1.88 bits per heavy atom. The molecule has 0 saturated heterocycles. The zero-order valence-corrected chi connectivity index (χ0v) is 13.1. The van der Waals surface area contributed by atoms with E-state index >= 15 is 0 Å². The molecule has 0 fully saturated rings. The van der Waals surface area contributed by atoms with E-state index in [9.17, 15) is 19.7 Å². The standard InChI is InChI=1S/C17H10N4O5/c18-9-10-3-1-2-4-12(10)14-8-6-11(26-14)5-7-13-15(21(24)25)16(22)20-17(23)19-13/h1-8H,(H2,19,20,22,23)/b7-5+. The second kappa shape index (κ2) is 6.74. The number of nitro groups is 1. The van der Waals surface area contributed by atoms with Crippen LogP contribution in [-0.4, -0.2) is 14.9 Å². The van der Waals surface area contributed by atoms with Crippen LogP contribution in [0.15, 0.2) is 50.4 Å². The van der Waals surface area contributed by atoms with Gasteiger partial charge in [-0.25, -0.2) is 4.79 Å². The van der Waals surface area contributed by atoms with Crippen molar-refractivity contribution < 1.29 is 9.34 Å². The molecule has 2 aromatic heterocycles. The van der Waals surface area contributed by atoms with Crippen LogP contribution in [0.3, 0.4) is 0 Å². The second-order valence-corrected chi connectivity index (χ2v) is 5.12. The molecule has 0 saturated carbocycles. The molecular weight excluding hydrogens is 340 g/mol. The molecule has 0 spiro atoms. The lowest BCUT2D eigenvalue weighted by molar-refractivity contribution is -0.386. The van der Waals surface area contributed by atoms with Crippen LogP contribution in [-0.2, 0) is 0 Å². The van der Waals surface area contributed by atoms with Gasteiger partial charge in [-0.3, -0.25) is 19.9 Å². The van der Waals surface area contributed by atoms with Crippen molar-refractivity contribution in [3.05, 3.63) is 84.4 Å². The van der Waals surface area contributed by atoms with Crippen LogP contribution < -0.4 is 11.2 Å². The highest BCUT2D eigenvalue weighted by atomic mass is 16.6. The van der Waals surface area contributed by atoms with E-state index in [0.717, 1.165) is 0 Å². The van der Waals surface area contributed by atoms with Gasteiger partial charge in [-0.15, -0.1) is 0 Å². The molecule has 0 bridgehead atoms. The van der Waals surface area contributed by atoms with Gasteiger partial charge in [0, 0.05) is 5.56 Å². The zero-order chi connectivity index (χ0) is 18.7. The van der Waals surface area contributed by atoms with Crippen molar-refractivity contribution in [1.82, 2.24) is 9.97 Å². The number of nitrogens with zero attached hydrogens (tertiary/aromatic N) is 2. The first-order chi connectivity index (χ1) is 12.5. The number of aromatic nitrogens is 2. The molecular formula is C17H10N4O5. The topological polar surface area (TPSA) is 146 Å². The predicted molar refractivity (Wildman–Crippen MR) is 92.1 cm³/mol. The van der Waals surface area contributed by atoms with E-state index in [1.54, 1.807) is 41.4 Å². The molecule has 2 N–H and O–H groups in total. The van der Waals surface area contributed by atoms with E-state index in [0.29, 0.717) is 22.6 Å². The molecule has 0 aliphatic rings. The minimum Gasteiger partial charge on any atom is -0.457 e. The number of hydrogen-bond acceptors (Lipinski definition) is 6. The van der Waals surface area contributed by atoms with Gasteiger partial charge in [-0.1, -0.05) is 12.1 Å². The fraction of sp³-hybridized carbons (Fsp3) is 0. The van der Waals surface area contributed by atoms with Gasteiger partial charge in [-0.05, 0) is 36.4 Å². The van der Waals surface area contributed by atoms with Crippen LogP contribution in [0.5, 0.6) is 0 Å². The van der Waals surface area contributed by atoms with E-state index in [-0.39, 0.29) is 5.69 Å². The molecule has 3 aromatic rings. The summed E-state index contributed by atoms with van der Waals surface area (Å²) in [5, 5.41) is 20.1. The third-order valence-corrected chi connectivity index (χ3v) is 3.48. The van der Waals surface area contributed by atoms with Crippen LogP contribution in [0.2, 0.25) is 0 Å². The summed E-state index contributed by atoms with van der Waals surface area (Å²) in [6.45, 7) is 0. The molecule has 0 aliphatic heterocycles. The lowest BCUT2D eigenvalue weighted by atomic mass is 10.1. The summed E-state index contributed by atoms with van der Waals surface area (Å²) in [6, 6.07) is 12.2. The number of aromatic amines is 2. The Hall–Kier alpha value is -4.19. The lowest BCUT2D eigenvalue weighted by Crippen LogP contribution is -2.25. The van der Waals surface area contributed by atoms with Crippen molar-refractivity contribution in [1.29, 1.82) is 5.26 Å². The molecule has 9 heteroatoms. The van der Waals surface area contributed by atoms with Gasteiger partial charge in [0.15, 0.2) is 0 Å². The number of rotatable bonds is 4. The Labute approximate surface area is 145 Å². The van der Waals surface area contributed by atoms with Gasteiger partial charge in [-0.2, -0.15) is 5.26 Å². The van der Waals surface area contributed by atoms with Gasteiger partial charge in [0.2, 0.25) is 0 Å². The van der Waals surface area contributed by atoms with Crippen molar-refractivity contribution in [2.45, 2.75) is 0 Å². The summed E-state index contributed by atoms with van der Waals surface area (Å²) < 4.78 is 5.61. The number of nitrogens with one attached hydrogen (secondary N) is 2. The van der Waals surface area contributed by atoms with Crippen molar-refractivity contribution in [3.63, 3.8) is 0 Å². The van der Waals surface area contributed by atoms with Gasteiger partial charge in [0.05, 0.1) is 16.6 Å². The molecule has 0 aliphatic carbocycles. The largest absolute Gasteiger partial charge is 0.457 e. The summed E-state index contributed by atoms with van der Waals surface area (Å²) in [5.74, 6) is 0.763. The van der Waals surface area contributed by atoms with Crippen molar-refractivity contribution in [2.24, 2.45) is 0 Å². The Morgan fingerprint density at radius 3 is 2.62 bits per heavy atom. The number of benzene rings is 1. The molecule has 0 amide bonds. The van der Waals surface area contributed by atoms with Crippen LogP contribution in [0.25, 0.3) is 23.5 Å². The summed E-state index contributed by atoms with van der Waals surface area (Å²) in [4.78, 5) is 37.0. The third-order valence-electron chi connectivity index (χ3n) is 3.48. The maximum Gasteiger partial charge on any atom is 0.357 e. The number of hydrogen-bond donors (Lipinski definition) is 2. The average Bonchev–Trinajstić information content (AvgIpc) is 3.07. The van der Waals surface area contributed by atoms with Gasteiger partial charge < -0.3 is 9.40 Å². The monoisotopic (exact) mass is 350 g/mol. The van der Waals surface area contributed by atoms with Crippen molar-refractivity contribution in [2.75, 3.05) is 0 Å². The number of furan rings is 1. The van der Waals surface area contributed by atoms with E-state index in [2.05, 4.69) is 11.1 Å². The maximum absolute atomic E-state index is 11.6. The van der Waals surface area contributed by atoms with Crippen molar-refractivity contribution >= 4 is 17.8 Å². The predicted octanol–water partition coefficient (Wildman–Crippen LogP) is 2.27.